The topological polar surface area (TPSA) is 94.3 Å². The van der Waals surface area contributed by atoms with Crippen molar-refractivity contribution in [1.29, 1.82) is 0 Å². The van der Waals surface area contributed by atoms with Crippen LogP contribution in [-0.4, -0.2) is 19.6 Å². The average Bonchev–Trinajstić information content (AvgIpc) is 2.15. The van der Waals surface area contributed by atoms with E-state index in [9.17, 15) is 23.1 Å². The second kappa shape index (κ2) is 4.04. The van der Waals surface area contributed by atoms with E-state index >= 15 is 0 Å². The number of benzene rings is 1. The molecule has 0 spiro atoms. The van der Waals surface area contributed by atoms with Crippen molar-refractivity contribution in [2.75, 3.05) is 6.26 Å². The van der Waals surface area contributed by atoms with E-state index in [2.05, 4.69) is 0 Å². The summed E-state index contributed by atoms with van der Waals surface area (Å²) in [5.41, 5.74) is -0.509. The molecule has 0 saturated carbocycles. The number of sulfone groups is 1. The fraction of sp³-hybridized carbons (Fsp3) is 0.143. The minimum Gasteiger partial charge on any atom is -0.269 e. The van der Waals surface area contributed by atoms with E-state index in [1.54, 1.807) is 0 Å². The SMILES string of the molecule is CS(=O)(=O)c1cc(P=O)ccc1[N+](=O)[O-]. The lowest BCUT2D eigenvalue weighted by atomic mass is 10.3. The highest BCUT2D eigenvalue weighted by molar-refractivity contribution is 7.90. The molecule has 0 N–H and O–H groups in total. The predicted octanol–water partition coefficient (Wildman–Crippen LogP) is 0.915. The molecule has 1 aromatic rings. The molecule has 0 aromatic heterocycles. The third-order valence-corrected chi connectivity index (χ3v) is 3.26. The standard InChI is InChI=1S/C7H6NO5PS/c1-15(12,13)7-4-5(14-11)2-3-6(7)8(9)10/h2-4H,1H3. The Labute approximate surface area is 87.2 Å². The molecule has 1 rings (SSSR count). The van der Waals surface area contributed by atoms with Crippen LogP contribution in [0.5, 0.6) is 0 Å². The van der Waals surface area contributed by atoms with Gasteiger partial charge in [0.25, 0.3) is 5.69 Å². The van der Waals surface area contributed by atoms with Crippen molar-refractivity contribution in [2.45, 2.75) is 4.90 Å². The van der Waals surface area contributed by atoms with Crippen LogP contribution in [0.1, 0.15) is 0 Å². The van der Waals surface area contributed by atoms with E-state index in [4.69, 9.17) is 0 Å². The molecule has 0 fully saturated rings. The Morgan fingerprint density at radius 3 is 2.40 bits per heavy atom. The maximum absolute atomic E-state index is 11.2. The predicted molar refractivity (Wildman–Crippen MR) is 53.4 cm³/mol. The van der Waals surface area contributed by atoms with Gasteiger partial charge in [-0.05, 0) is 12.1 Å². The molecule has 6 nitrogen and oxygen atoms in total. The Bertz CT molecular complexity index is 524. The Morgan fingerprint density at radius 1 is 1.40 bits per heavy atom. The molecule has 0 heterocycles. The van der Waals surface area contributed by atoms with Crippen molar-refractivity contribution < 1.29 is 17.9 Å². The van der Waals surface area contributed by atoms with Gasteiger partial charge in [0.1, 0.15) is 4.90 Å². The van der Waals surface area contributed by atoms with Crippen molar-refractivity contribution in [1.82, 2.24) is 0 Å². The Morgan fingerprint density at radius 2 is 2.00 bits per heavy atom. The molecule has 80 valence electrons. The second-order valence-electron chi connectivity index (χ2n) is 2.77. The molecule has 8 heteroatoms. The minimum atomic E-state index is -3.70. The van der Waals surface area contributed by atoms with E-state index in [0.717, 1.165) is 18.4 Å². The Hall–Kier alpha value is -1.33. The van der Waals surface area contributed by atoms with E-state index in [1.807, 2.05) is 0 Å². The third kappa shape index (κ3) is 2.57. The van der Waals surface area contributed by atoms with Crippen LogP contribution in [0.4, 0.5) is 5.69 Å². The molecule has 15 heavy (non-hydrogen) atoms. The van der Waals surface area contributed by atoms with Gasteiger partial charge in [-0.25, -0.2) is 8.42 Å². The van der Waals surface area contributed by atoms with Crippen molar-refractivity contribution >= 4 is 29.3 Å². The number of nitro groups is 1. The van der Waals surface area contributed by atoms with Crippen LogP contribution < -0.4 is 5.30 Å². The number of nitrogens with zero attached hydrogens (tertiary/aromatic N) is 1. The van der Waals surface area contributed by atoms with Crippen LogP contribution in [0.15, 0.2) is 23.1 Å². The van der Waals surface area contributed by atoms with E-state index in [1.165, 1.54) is 6.07 Å². The smallest absolute Gasteiger partial charge is 0.269 e. The molecule has 1 aromatic carbocycles. The van der Waals surface area contributed by atoms with Gasteiger partial charge in [0.2, 0.25) is 0 Å². The fourth-order valence-electron chi connectivity index (χ4n) is 1.01. The lowest BCUT2D eigenvalue weighted by Gasteiger charge is -2.00. The van der Waals surface area contributed by atoms with Crippen molar-refractivity contribution in [3.05, 3.63) is 28.3 Å². The first-order valence-electron chi connectivity index (χ1n) is 3.68. The van der Waals surface area contributed by atoms with Gasteiger partial charge in [-0.2, -0.15) is 0 Å². The summed E-state index contributed by atoms with van der Waals surface area (Å²) in [6.07, 6.45) is 0.862. The summed E-state index contributed by atoms with van der Waals surface area (Å²) in [4.78, 5) is 9.32. The zero-order valence-corrected chi connectivity index (χ0v) is 9.29. The second-order valence-corrected chi connectivity index (χ2v) is 5.46. The molecule has 0 aliphatic rings. The normalized spacial score (nSPS) is 11.5. The van der Waals surface area contributed by atoms with Gasteiger partial charge in [0, 0.05) is 17.6 Å². The quantitative estimate of drug-likeness (QED) is 0.449. The number of hydrogen-bond acceptors (Lipinski definition) is 5. The maximum Gasteiger partial charge on any atom is 0.288 e. The van der Waals surface area contributed by atoms with Gasteiger partial charge in [-0.3, -0.25) is 14.7 Å². The van der Waals surface area contributed by atoms with Gasteiger partial charge >= 0.3 is 0 Å². The summed E-state index contributed by atoms with van der Waals surface area (Å²) in [6, 6.07) is 3.29. The molecule has 0 radical (unpaired) electrons. The molecule has 0 atom stereocenters. The van der Waals surface area contributed by atoms with Gasteiger partial charge in [0.05, 0.1) is 4.92 Å². The lowest BCUT2D eigenvalue weighted by molar-refractivity contribution is -0.387. The molecular weight excluding hydrogens is 241 g/mol. The first kappa shape index (κ1) is 11.7. The summed E-state index contributed by atoms with van der Waals surface area (Å²) >= 11 is 0. The molecule has 0 aliphatic heterocycles. The monoisotopic (exact) mass is 247 g/mol. The molecule has 0 amide bonds. The van der Waals surface area contributed by atoms with Crippen LogP contribution >= 0.6 is 8.46 Å². The van der Waals surface area contributed by atoms with Crippen LogP contribution in [0.2, 0.25) is 0 Å². The van der Waals surface area contributed by atoms with Crippen LogP contribution in [-0.2, 0) is 14.4 Å². The van der Waals surface area contributed by atoms with Crippen LogP contribution in [0.25, 0.3) is 0 Å². The number of nitro benzene ring substituents is 1. The van der Waals surface area contributed by atoms with Crippen molar-refractivity contribution in [2.24, 2.45) is 0 Å². The zero-order valence-electron chi connectivity index (χ0n) is 7.58. The summed E-state index contributed by atoms with van der Waals surface area (Å²) in [6.45, 7) is 0. The Kier molecular flexibility index (Phi) is 3.16. The van der Waals surface area contributed by atoms with Gasteiger partial charge in [0.15, 0.2) is 18.3 Å². The highest BCUT2D eigenvalue weighted by Crippen LogP contribution is 2.22. The molecular formula is C7H6NO5PS. The van der Waals surface area contributed by atoms with Crippen LogP contribution in [0, 0.1) is 10.1 Å². The van der Waals surface area contributed by atoms with Crippen LogP contribution in [0.3, 0.4) is 0 Å². The van der Waals surface area contributed by atoms with E-state index < -0.39 is 25.3 Å². The van der Waals surface area contributed by atoms with E-state index in [-0.39, 0.29) is 13.8 Å². The van der Waals surface area contributed by atoms with Gasteiger partial charge in [-0.15, -0.1) is 0 Å². The molecule has 0 aliphatic carbocycles. The summed E-state index contributed by atoms with van der Waals surface area (Å²) in [5, 5.41) is 10.7. The maximum atomic E-state index is 11.2. The fourth-order valence-corrected chi connectivity index (χ4v) is 2.28. The first-order valence-corrected chi connectivity index (χ1v) is 6.38. The van der Waals surface area contributed by atoms with E-state index in [0.29, 0.717) is 0 Å². The van der Waals surface area contributed by atoms with Gasteiger partial charge in [-0.1, -0.05) is 0 Å². The average molecular weight is 247 g/mol. The largest absolute Gasteiger partial charge is 0.288 e. The molecule has 0 unspecified atom stereocenters. The van der Waals surface area contributed by atoms with Gasteiger partial charge < -0.3 is 0 Å². The summed E-state index contributed by atoms with van der Waals surface area (Å²) in [7, 11) is -4.08. The minimum absolute atomic E-state index is 0.182. The molecule has 0 bridgehead atoms. The number of hydrogen-bond donors (Lipinski definition) is 0. The first-order chi connectivity index (χ1) is 6.86. The zero-order chi connectivity index (χ0) is 11.6. The van der Waals surface area contributed by atoms with Crippen molar-refractivity contribution in [3.63, 3.8) is 0 Å². The third-order valence-electron chi connectivity index (χ3n) is 1.64. The highest BCUT2D eigenvalue weighted by atomic mass is 32.2. The number of rotatable bonds is 3. The van der Waals surface area contributed by atoms with Crippen molar-refractivity contribution in [3.8, 4) is 0 Å². The lowest BCUT2D eigenvalue weighted by Crippen LogP contribution is -2.06. The summed E-state index contributed by atoms with van der Waals surface area (Å²) < 4.78 is 32.9. The summed E-state index contributed by atoms with van der Waals surface area (Å²) in [5.74, 6) is 0. The Balaban J connectivity index is 3.56. The molecule has 0 saturated heterocycles. The highest BCUT2D eigenvalue weighted by Gasteiger charge is 2.22.